The van der Waals surface area contributed by atoms with E-state index in [0.717, 1.165) is 22.9 Å². The van der Waals surface area contributed by atoms with E-state index in [4.69, 9.17) is 0 Å². The van der Waals surface area contributed by atoms with Gasteiger partial charge in [-0.1, -0.05) is 30.3 Å². The summed E-state index contributed by atoms with van der Waals surface area (Å²) in [5, 5.41) is 2.40. The maximum absolute atomic E-state index is 10.3. The van der Waals surface area contributed by atoms with Gasteiger partial charge in [-0.15, -0.1) is 0 Å². The van der Waals surface area contributed by atoms with Gasteiger partial charge in [-0.05, 0) is 29.8 Å². The third kappa shape index (κ3) is 1.64. The van der Waals surface area contributed by atoms with E-state index in [1.165, 1.54) is 16.8 Å². The second-order valence-corrected chi connectivity index (χ2v) is 3.97. The zero-order valence-electron chi connectivity index (χ0n) is 9.18. The van der Waals surface area contributed by atoms with E-state index >= 15 is 0 Å². The third-order valence-corrected chi connectivity index (χ3v) is 2.90. The number of carbonyl (C=O) groups excluding carboxylic acids is 1. The molecular weight excluding hydrogens is 210 g/mol. The molecule has 17 heavy (non-hydrogen) atoms. The minimum Gasteiger partial charge on any atom is -0.355 e. The van der Waals surface area contributed by atoms with Crippen molar-refractivity contribution in [2.75, 3.05) is 0 Å². The number of benzene rings is 2. The van der Waals surface area contributed by atoms with Crippen LogP contribution in [0.2, 0.25) is 0 Å². The fourth-order valence-corrected chi connectivity index (χ4v) is 2.12. The molecule has 0 bridgehead atoms. The van der Waals surface area contributed by atoms with Crippen LogP contribution in [0.1, 0.15) is 5.56 Å². The summed E-state index contributed by atoms with van der Waals surface area (Å²) in [5.41, 5.74) is 3.29. The van der Waals surface area contributed by atoms with Crippen LogP contribution in [-0.4, -0.2) is 11.3 Å². The number of hydrogen-bond acceptors (Lipinski definition) is 1. The Hall–Kier alpha value is -2.35. The lowest BCUT2D eigenvalue weighted by molar-refractivity contribution is -0.104. The van der Waals surface area contributed by atoms with Crippen LogP contribution in [0.3, 0.4) is 0 Å². The van der Waals surface area contributed by atoms with E-state index in [-0.39, 0.29) is 0 Å². The molecule has 0 aliphatic heterocycles. The first kappa shape index (κ1) is 9.85. The Kier molecular flexibility index (Phi) is 2.26. The van der Waals surface area contributed by atoms with E-state index in [1.54, 1.807) is 0 Å². The van der Waals surface area contributed by atoms with Crippen LogP contribution in [0, 0.1) is 0 Å². The second-order valence-electron chi connectivity index (χ2n) is 3.97. The SMILES string of the molecule is O=CC=Cc1ccc2[nH]c3ccccc3c2c1. The molecule has 2 nitrogen and oxygen atoms in total. The number of rotatable bonds is 2. The highest BCUT2D eigenvalue weighted by atomic mass is 16.1. The summed E-state index contributed by atoms with van der Waals surface area (Å²) in [6.45, 7) is 0. The molecule has 0 saturated heterocycles. The van der Waals surface area contributed by atoms with Crippen molar-refractivity contribution in [3.63, 3.8) is 0 Å². The van der Waals surface area contributed by atoms with E-state index in [1.807, 2.05) is 30.3 Å². The maximum Gasteiger partial charge on any atom is 0.142 e. The summed E-state index contributed by atoms with van der Waals surface area (Å²) in [4.78, 5) is 13.7. The molecule has 0 aliphatic carbocycles. The van der Waals surface area contributed by atoms with Gasteiger partial charge in [-0.25, -0.2) is 0 Å². The van der Waals surface area contributed by atoms with Crippen LogP contribution in [0.15, 0.2) is 48.5 Å². The van der Waals surface area contributed by atoms with Crippen LogP contribution >= 0.6 is 0 Å². The monoisotopic (exact) mass is 221 g/mol. The molecule has 82 valence electrons. The summed E-state index contributed by atoms with van der Waals surface area (Å²) < 4.78 is 0. The van der Waals surface area contributed by atoms with Gasteiger partial charge in [0.2, 0.25) is 0 Å². The molecule has 1 aromatic heterocycles. The Bertz CT molecular complexity index is 722. The molecule has 2 aromatic carbocycles. The van der Waals surface area contributed by atoms with Crippen LogP contribution < -0.4 is 0 Å². The average molecular weight is 221 g/mol. The highest BCUT2D eigenvalue weighted by molar-refractivity contribution is 6.07. The summed E-state index contributed by atoms with van der Waals surface area (Å²) in [6, 6.07) is 14.3. The number of carbonyl (C=O) groups is 1. The number of fused-ring (bicyclic) bond motifs is 3. The van der Waals surface area contributed by atoms with Gasteiger partial charge in [0.15, 0.2) is 0 Å². The first-order valence-corrected chi connectivity index (χ1v) is 5.51. The third-order valence-electron chi connectivity index (χ3n) is 2.90. The Balaban J connectivity index is 2.29. The summed E-state index contributed by atoms with van der Waals surface area (Å²) in [5.74, 6) is 0. The van der Waals surface area contributed by atoms with Crippen LogP contribution in [-0.2, 0) is 4.79 Å². The first-order valence-electron chi connectivity index (χ1n) is 5.51. The number of aromatic nitrogens is 1. The van der Waals surface area contributed by atoms with Crippen molar-refractivity contribution in [1.82, 2.24) is 4.98 Å². The molecule has 0 fully saturated rings. The van der Waals surface area contributed by atoms with Gasteiger partial charge in [-0.3, -0.25) is 4.79 Å². The van der Waals surface area contributed by atoms with Gasteiger partial charge >= 0.3 is 0 Å². The molecule has 0 atom stereocenters. The zero-order valence-corrected chi connectivity index (χ0v) is 9.18. The van der Waals surface area contributed by atoms with Gasteiger partial charge in [0.25, 0.3) is 0 Å². The van der Waals surface area contributed by atoms with Crippen LogP contribution in [0.5, 0.6) is 0 Å². The minimum atomic E-state index is 0.791. The Morgan fingerprint density at radius 3 is 2.65 bits per heavy atom. The van der Waals surface area contributed by atoms with E-state index in [9.17, 15) is 4.79 Å². The van der Waals surface area contributed by atoms with Gasteiger partial charge < -0.3 is 4.98 Å². The highest BCUT2D eigenvalue weighted by Gasteiger charge is 2.02. The van der Waals surface area contributed by atoms with E-state index in [2.05, 4.69) is 23.2 Å². The summed E-state index contributed by atoms with van der Waals surface area (Å²) >= 11 is 0. The van der Waals surface area contributed by atoms with Crippen LogP contribution in [0.4, 0.5) is 0 Å². The average Bonchev–Trinajstić information content (AvgIpc) is 2.74. The van der Waals surface area contributed by atoms with Crippen LogP contribution in [0.25, 0.3) is 27.9 Å². The van der Waals surface area contributed by atoms with E-state index in [0.29, 0.717) is 0 Å². The van der Waals surface area contributed by atoms with Gasteiger partial charge in [0.1, 0.15) is 6.29 Å². The lowest BCUT2D eigenvalue weighted by atomic mass is 10.1. The molecule has 3 aromatic rings. The molecule has 0 spiro atoms. The molecular formula is C15H11NO. The highest BCUT2D eigenvalue weighted by Crippen LogP contribution is 2.26. The lowest BCUT2D eigenvalue weighted by Crippen LogP contribution is -1.73. The number of para-hydroxylation sites is 1. The Labute approximate surface area is 98.6 Å². The molecule has 3 rings (SSSR count). The van der Waals surface area contributed by atoms with Crippen molar-refractivity contribution in [1.29, 1.82) is 0 Å². The molecule has 1 heterocycles. The van der Waals surface area contributed by atoms with Crippen molar-refractivity contribution < 1.29 is 4.79 Å². The molecule has 0 unspecified atom stereocenters. The quantitative estimate of drug-likeness (QED) is 0.521. The number of H-pyrrole nitrogens is 1. The zero-order chi connectivity index (χ0) is 11.7. The maximum atomic E-state index is 10.3. The second kappa shape index (κ2) is 3.91. The first-order chi connectivity index (χ1) is 8.38. The van der Waals surface area contributed by atoms with Crippen molar-refractivity contribution in [3.05, 3.63) is 54.1 Å². The van der Waals surface area contributed by atoms with E-state index < -0.39 is 0 Å². The predicted octanol–water partition coefficient (Wildman–Crippen LogP) is 3.53. The standard InChI is InChI=1S/C15H11NO/c17-9-3-4-11-7-8-15-13(10-11)12-5-1-2-6-14(12)16-15/h1-10,16H. The number of aromatic amines is 1. The minimum absolute atomic E-state index is 0.791. The summed E-state index contributed by atoms with van der Waals surface area (Å²) in [7, 11) is 0. The molecule has 0 saturated carbocycles. The number of aldehydes is 1. The number of nitrogens with one attached hydrogen (secondary N) is 1. The molecule has 0 amide bonds. The molecule has 1 N–H and O–H groups in total. The Morgan fingerprint density at radius 2 is 1.76 bits per heavy atom. The van der Waals surface area contributed by atoms with Crippen molar-refractivity contribution in [3.8, 4) is 0 Å². The molecule has 0 radical (unpaired) electrons. The van der Waals surface area contributed by atoms with Crippen molar-refractivity contribution >= 4 is 34.2 Å². The normalized spacial score (nSPS) is 11.5. The lowest BCUT2D eigenvalue weighted by Gasteiger charge is -1.94. The van der Waals surface area contributed by atoms with Gasteiger partial charge in [0.05, 0.1) is 0 Å². The largest absolute Gasteiger partial charge is 0.355 e. The molecule has 2 heteroatoms. The predicted molar refractivity (Wildman–Crippen MR) is 70.9 cm³/mol. The smallest absolute Gasteiger partial charge is 0.142 e. The molecule has 0 aliphatic rings. The fourth-order valence-electron chi connectivity index (χ4n) is 2.12. The number of hydrogen-bond donors (Lipinski definition) is 1. The number of allylic oxidation sites excluding steroid dienone is 1. The van der Waals surface area contributed by atoms with Crippen molar-refractivity contribution in [2.45, 2.75) is 0 Å². The van der Waals surface area contributed by atoms with Gasteiger partial charge in [0, 0.05) is 21.8 Å². The van der Waals surface area contributed by atoms with Gasteiger partial charge in [-0.2, -0.15) is 0 Å². The van der Waals surface area contributed by atoms with Crippen molar-refractivity contribution in [2.24, 2.45) is 0 Å². The topological polar surface area (TPSA) is 32.9 Å². The summed E-state index contributed by atoms with van der Waals surface area (Å²) in [6.07, 6.45) is 4.11. The Morgan fingerprint density at radius 1 is 0.941 bits per heavy atom. The fraction of sp³-hybridized carbons (Fsp3) is 0.